The summed E-state index contributed by atoms with van der Waals surface area (Å²) >= 11 is 0. The molecule has 1 heterocycles. The van der Waals surface area contributed by atoms with E-state index in [1.807, 2.05) is 6.92 Å². The van der Waals surface area contributed by atoms with Gasteiger partial charge in [0.25, 0.3) is 0 Å². The number of piperazine rings is 1. The van der Waals surface area contributed by atoms with Gasteiger partial charge in [0.05, 0.1) is 5.54 Å². The highest BCUT2D eigenvalue weighted by Crippen LogP contribution is 2.18. The molecule has 5 nitrogen and oxygen atoms in total. The molecular weight excluding hydrogens is 264 g/mol. The summed E-state index contributed by atoms with van der Waals surface area (Å²) in [7, 11) is 0. The van der Waals surface area contributed by atoms with Gasteiger partial charge in [0.2, 0.25) is 5.91 Å². The lowest BCUT2D eigenvalue weighted by Crippen LogP contribution is -2.59. The van der Waals surface area contributed by atoms with E-state index < -0.39 is 5.54 Å². The highest BCUT2D eigenvalue weighted by molar-refractivity contribution is 5.84. The molecule has 3 N–H and O–H groups in total. The van der Waals surface area contributed by atoms with Crippen molar-refractivity contribution >= 4 is 5.91 Å². The van der Waals surface area contributed by atoms with E-state index >= 15 is 0 Å². The molecule has 0 bridgehead atoms. The maximum absolute atomic E-state index is 11.8. The smallest absolute Gasteiger partial charge is 0.237 e. The molecule has 1 fully saturated rings. The summed E-state index contributed by atoms with van der Waals surface area (Å²) in [5, 5.41) is 3.34. The highest BCUT2D eigenvalue weighted by atomic mass is 16.1. The number of hydrogen-bond acceptors (Lipinski definition) is 4. The molecule has 0 saturated carbocycles. The predicted molar refractivity (Wildman–Crippen MR) is 88.3 cm³/mol. The van der Waals surface area contributed by atoms with E-state index in [0.717, 1.165) is 32.6 Å². The fourth-order valence-corrected chi connectivity index (χ4v) is 3.33. The third kappa shape index (κ3) is 5.57. The van der Waals surface area contributed by atoms with Gasteiger partial charge in [-0.1, -0.05) is 6.92 Å². The zero-order valence-electron chi connectivity index (χ0n) is 14.5. The Balaban J connectivity index is 2.55. The Labute approximate surface area is 130 Å². The molecule has 1 aliphatic heterocycles. The number of carbonyl (C=O) groups is 1. The van der Waals surface area contributed by atoms with Gasteiger partial charge in [-0.3, -0.25) is 9.69 Å². The standard InChI is InChI=1S/C16H34N4O/c1-6-7-19-8-10-20(11-9-19)14(4)12-16(5,15(17)21)18-13(2)3/h13-14,18H,6-12H2,1-5H3,(H2,17,21). The first kappa shape index (κ1) is 18.4. The first-order chi connectivity index (χ1) is 9.78. The summed E-state index contributed by atoms with van der Waals surface area (Å²) in [5.41, 5.74) is 5.00. The molecule has 1 aliphatic rings. The average Bonchev–Trinajstić information content (AvgIpc) is 2.38. The number of rotatable bonds is 8. The van der Waals surface area contributed by atoms with Crippen molar-refractivity contribution in [1.82, 2.24) is 15.1 Å². The van der Waals surface area contributed by atoms with Gasteiger partial charge in [0.1, 0.15) is 0 Å². The summed E-state index contributed by atoms with van der Waals surface area (Å²) in [6, 6.07) is 0.605. The second-order valence-electron chi connectivity index (χ2n) is 6.93. The zero-order valence-corrected chi connectivity index (χ0v) is 14.5. The second kappa shape index (κ2) is 8.11. The Morgan fingerprint density at radius 2 is 1.81 bits per heavy atom. The number of nitrogens with two attached hydrogens (primary N) is 1. The van der Waals surface area contributed by atoms with Crippen LogP contribution in [0.5, 0.6) is 0 Å². The van der Waals surface area contributed by atoms with Crippen LogP contribution in [0.3, 0.4) is 0 Å². The highest BCUT2D eigenvalue weighted by Gasteiger charge is 2.35. The lowest BCUT2D eigenvalue weighted by Gasteiger charge is -2.41. The van der Waals surface area contributed by atoms with Crippen molar-refractivity contribution in [3.05, 3.63) is 0 Å². The van der Waals surface area contributed by atoms with Crippen LogP contribution in [0.2, 0.25) is 0 Å². The van der Waals surface area contributed by atoms with Gasteiger partial charge in [0, 0.05) is 38.3 Å². The molecule has 124 valence electrons. The fourth-order valence-electron chi connectivity index (χ4n) is 3.33. The molecule has 2 unspecified atom stereocenters. The van der Waals surface area contributed by atoms with Crippen LogP contribution < -0.4 is 11.1 Å². The van der Waals surface area contributed by atoms with Crippen molar-refractivity contribution < 1.29 is 4.79 Å². The molecule has 0 aliphatic carbocycles. The van der Waals surface area contributed by atoms with Crippen LogP contribution in [0, 0.1) is 0 Å². The molecular formula is C16H34N4O. The molecule has 5 heteroatoms. The topological polar surface area (TPSA) is 61.6 Å². The Hall–Kier alpha value is -0.650. The van der Waals surface area contributed by atoms with Crippen molar-refractivity contribution in [2.24, 2.45) is 5.73 Å². The normalized spacial score (nSPS) is 22.2. The maximum atomic E-state index is 11.8. The molecule has 0 aromatic heterocycles. The Bertz CT molecular complexity index is 326. The lowest BCUT2D eigenvalue weighted by atomic mass is 9.91. The lowest BCUT2D eigenvalue weighted by molar-refractivity contribution is -0.125. The summed E-state index contributed by atoms with van der Waals surface area (Å²) < 4.78 is 0. The molecule has 1 amide bonds. The van der Waals surface area contributed by atoms with E-state index in [2.05, 4.69) is 42.8 Å². The van der Waals surface area contributed by atoms with Crippen molar-refractivity contribution in [3.63, 3.8) is 0 Å². The van der Waals surface area contributed by atoms with Crippen LogP contribution in [0.25, 0.3) is 0 Å². The Morgan fingerprint density at radius 1 is 1.24 bits per heavy atom. The zero-order chi connectivity index (χ0) is 16.0. The molecule has 21 heavy (non-hydrogen) atoms. The molecule has 0 aromatic rings. The van der Waals surface area contributed by atoms with Gasteiger partial charge in [-0.25, -0.2) is 0 Å². The number of carbonyl (C=O) groups excluding carboxylic acids is 1. The third-order valence-electron chi connectivity index (χ3n) is 4.42. The largest absolute Gasteiger partial charge is 0.368 e. The minimum absolute atomic E-state index is 0.246. The SMILES string of the molecule is CCCN1CCN(C(C)CC(C)(NC(C)C)C(N)=O)CC1. The van der Waals surface area contributed by atoms with Gasteiger partial charge in [-0.15, -0.1) is 0 Å². The minimum atomic E-state index is -0.631. The van der Waals surface area contributed by atoms with E-state index in [9.17, 15) is 4.79 Å². The molecule has 0 spiro atoms. The summed E-state index contributed by atoms with van der Waals surface area (Å²) in [4.78, 5) is 16.8. The number of primary amides is 1. The minimum Gasteiger partial charge on any atom is -0.368 e. The van der Waals surface area contributed by atoms with Crippen molar-refractivity contribution in [2.45, 2.75) is 65.1 Å². The van der Waals surface area contributed by atoms with E-state index in [1.54, 1.807) is 0 Å². The van der Waals surface area contributed by atoms with E-state index in [-0.39, 0.29) is 11.9 Å². The first-order valence-corrected chi connectivity index (χ1v) is 8.32. The molecule has 0 radical (unpaired) electrons. The average molecular weight is 298 g/mol. The maximum Gasteiger partial charge on any atom is 0.237 e. The fraction of sp³-hybridized carbons (Fsp3) is 0.938. The number of nitrogens with zero attached hydrogens (tertiary/aromatic N) is 2. The van der Waals surface area contributed by atoms with Crippen LogP contribution in [-0.2, 0) is 4.79 Å². The van der Waals surface area contributed by atoms with Crippen molar-refractivity contribution in [1.29, 1.82) is 0 Å². The summed E-state index contributed by atoms with van der Waals surface area (Å²) in [5.74, 6) is -0.257. The Morgan fingerprint density at radius 3 is 2.24 bits per heavy atom. The Kier molecular flexibility index (Phi) is 7.10. The van der Waals surface area contributed by atoms with E-state index in [1.165, 1.54) is 13.0 Å². The molecule has 1 saturated heterocycles. The van der Waals surface area contributed by atoms with Gasteiger partial charge in [0.15, 0.2) is 0 Å². The summed E-state index contributed by atoms with van der Waals surface area (Å²) in [6.45, 7) is 16.1. The van der Waals surface area contributed by atoms with Gasteiger partial charge < -0.3 is 16.0 Å². The van der Waals surface area contributed by atoms with Crippen LogP contribution >= 0.6 is 0 Å². The summed E-state index contributed by atoms with van der Waals surface area (Å²) in [6.07, 6.45) is 1.97. The second-order valence-corrected chi connectivity index (χ2v) is 6.93. The van der Waals surface area contributed by atoms with Crippen molar-refractivity contribution in [3.8, 4) is 0 Å². The van der Waals surface area contributed by atoms with Gasteiger partial charge in [-0.05, 0) is 47.1 Å². The van der Waals surface area contributed by atoms with Crippen molar-refractivity contribution in [2.75, 3.05) is 32.7 Å². The van der Waals surface area contributed by atoms with E-state index in [0.29, 0.717) is 6.04 Å². The van der Waals surface area contributed by atoms with Crippen LogP contribution in [-0.4, -0.2) is 66.1 Å². The molecule has 0 aromatic carbocycles. The van der Waals surface area contributed by atoms with E-state index in [4.69, 9.17) is 5.73 Å². The monoisotopic (exact) mass is 298 g/mol. The number of amides is 1. The molecule has 1 rings (SSSR count). The first-order valence-electron chi connectivity index (χ1n) is 8.32. The van der Waals surface area contributed by atoms with Crippen LogP contribution in [0.4, 0.5) is 0 Å². The number of nitrogens with one attached hydrogen (secondary N) is 1. The van der Waals surface area contributed by atoms with Crippen LogP contribution in [0.15, 0.2) is 0 Å². The quantitative estimate of drug-likeness (QED) is 0.703. The van der Waals surface area contributed by atoms with Gasteiger partial charge in [-0.2, -0.15) is 0 Å². The third-order valence-corrected chi connectivity index (χ3v) is 4.42. The predicted octanol–water partition coefficient (Wildman–Crippen LogP) is 1.03. The molecule has 2 atom stereocenters. The van der Waals surface area contributed by atoms with Gasteiger partial charge >= 0.3 is 0 Å². The number of hydrogen-bond donors (Lipinski definition) is 2. The van der Waals surface area contributed by atoms with Crippen LogP contribution in [0.1, 0.15) is 47.5 Å².